The zero-order chi connectivity index (χ0) is 19.7. The van der Waals surface area contributed by atoms with Crippen LogP contribution in [0.1, 0.15) is 42.5 Å². The molecule has 0 spiro atoms. The fourth-order valence-corrected chi connectivity index (χ4v) is 4.45. The number of aromatic nitrogens is 2. The fraction of sp³-hybridized carbons (Fsp3) is 0.391. The molecule has 2 N–H and O–H groups in total. The molecule has 0 aliphatic carbocycles. The smallest absolute Gasteiger partial charge is 0.317 e. The molecule has 1 aliphatic rings. The van der Waals surface area contributed by atoms with E-state index in [4.69, 9.17) is 5.11 Å². The largest absolute Gasteiger partial charge is 0.480 e. The van der Waals surface area contributed by atoms with Gasteiger partial charge in [0.25, 0.3) is 0 Å². The van der Waals surface area contributed by atoms with Crippen molar-refractivity contribution in [3.8, 4) is 11.3 Å². The molecule has 0 amide bonds. The predicted molar refractivity (Wildman–Crippen MR) is 112 cm³/mol. The van der Waals surface area contributed by atoms with Gasteiger partial charge in [0.2, 0.25) is 0 Å². The quantitative estimate of drug-likeness (QED) is 0.693. The standard InChI is InChI=1S/C23H27N3O2/c1-3-19-20-13-17(16-7-10-26(11-8-16)14-22(27)28)4-5-21(20)25-23(19)18-6-9-24-15(2)12-18/h4-6,9,12-13,16,25H,3,7-8,10-11,14H2,1-2H3,(H,27,28). The highest BCUT2D eigenvalue weighted by molar-refractivity contribution is 5.91. The average Bonchev–Trinajstić information content (AvgIpc) is 3.06. The number of likely N-dealkylation sites (tertiary alicyclic amines) is 1. The number of carbonyl (C=O) groups is 1. The molecule has 1 saturated heterocycles. The van der Waals surface area contributed by atoms with Gasteiger partial charge in [-0.3, -0.25) is 14.7 Å². The Bertz CT molecular complexity index is 1000. The molecule has 0 radical (unpaired) electrons. The van der Waals surface area contributed by atoms with Crippen molar-refractivity contribution in [2.75, 3.05) is 19.6 Å². The SMILES string of the molecule is CCc1c(-c2ccnc(C)c2)[nH]c2ccc(C3CCN(CC(=O)O)CC3)cc12. The Morgan fingerprint density at radius 3 is 2.71 bits per heavy atom. The first kappa shape index (κ1) is 18.7. The number of nitrogens with one attached hydrogen (secondary N) is 1. The van der Waals surface area contributed by atoms with Crippen LogP contribution in [0.3, 0.4) is 0 Å². The molecule has 5 nitrogen and oxygen atoms in total. The number of nitrogens with zero attached hydrogens (tertiary/aromatic N) is 2. The molecule has 1 aromatic carbocycles. The Morgan fingerprint density at radius 1 is 1.25 bits per heavy atom. The highest BCUT2D eigenvalue weighted by Gasteiger charge is 2.23. The molecule has 0 atom stereocenters. The predicted octanol–water partition coefficient (Wildman–Crippen LogP) is 4.36. The molecule has 4 rings (SSSR count). The Balaban J connectivity index is 1.63. The molecule has 146 valence electrons. The van der Waals surface area contributed by atoms with Crippen LogP contribution in [-0.4, -0.2) is 45.6 Å². The Labute approximate surface area is 165 Å². The number of carboxylic acid groups (broad SMARTS) is 1. The number of H-pyrrole nitrogens is 1. The summed E-state index contributed by atoms with van der Waals surface area (Å²) >= 11 is 0. The number of rotatable bonds is 5. The molecule has 0 bridgehead atoms. The third kappa shape index (κ3) is 3.67. The molecule has 28 heavy (non-hydrogen) atoms. The van der Waals surface area contributed by atoms with Gasteiger partial charge >= 0.3 is 5.97 Å². The minimum atomic E-state index is -0.737. The molecule has 3 heterocycles. The fourth-order valence-electron chi connectivity index (χ4n) is 4.45. The van der Waals surface area contributed by atoms with Gasteiger partial charge in [-0.1, -0.05) is 13.0 Å². The molecule has 2 aromatic heterocycles. The van der Waals surface area contributed by atoms with Crippen molar-refractivity contribution >= 4 is 16.9 Å². The number of aromatic amines is 1. The molecule has 1 aliphatic heterocycles. The highest BCUT2D eigenvalue weighted by atomic mass is 16.4. The van der Waals surface area contributed by atoms with E-state index in [1.54, 1.807) is 0 Å². The van der Waals surface area contributed by atoms with E-state index in [9.17, 15) is 4.79 Å². The van der Waals surface area contributed by atoms with Gasteiger partial charge in [-0.25, -0.2) is 0 Å². The number of hydrogen-bond acceptors (Lipinski definition) is 3. The van der Waals surface area contributed by atoms with Crippen molar-refractivity contribution in [3.63, 3.8) is 0 Å². The summed E-state index contributed by atoms with van der Waals surface area (Å²) in [4.78, 5) is 20.9. The van der Waals surface area contributed by atoms with Gasteiger partial charge < -0.3 is 10.1 Å². The van der Waals surface area contributed by atoms with Gasteiger partial charge in [0.1, 0.15) is 0 Å². The summed E-state index contributed by atoms with van der Waals surface area (Å²) in [6.07, 6.45) is 4.87. The van der Waals surface area contributed by atoms with E-state index < -0.39 is 5.97 Å². The van der Waals surface area contributed by atoms with Gasteiger partial charge in [-0.15, -0.1) is 0 Å². The number of piperidine rings is 1. The van der Waals surface area contributed by atoms with Gasteiger partial charge in [0.15, 0.2) is 0 Å². The number of aryl methyl sites for hydroxylation is 2. The summed E-state index contributed by atoms with van der Waals surface area (Å²) in [5, 5.41) is 10.3. The van der Waals surface area contributed by atoms with E-state index in [-0.39, 0.29) is 6.54 Å². The summed E-state index contributed by atoms with van der Waals surface area (Å²) in [6.45, 7) is 6.08. The van der Waals surface area contributed by atoms with Crippen LogP contribution in [0.5, 0.6) is 0 Å². The second-order valence-corrected chi connectivity index (χ2v) is 7.77. The first-order valence-electron chi connectivity index (χ1n) is 10.1. The number of aliphatic carboxylic acids is 1. The lowest BCUT2D eigenvalue weighted by Gasteiger charge is -2.31. The maximum atomic E-state index is 10.9. The molecule has 1 fully saturated rings. The molecular formula is C23H27N3O2. The summed E-state index contributed by atoms with van der Waals surface area (Å²) in [5.74, 6) is -0.237. The van der Waals surface area contributed by atoms with Gasteiger partial charge in [-0.2, -0.15) is 0 Å². The van der Waals surface area contributed by atoms with E-state index >= 15 is 0 Å². The van der Waals surface area contributed by atoms with Gasteiger partial charge in [0, 0.05) is 34.1 Å². The highest BCUT2D eigenvalue weighted by Crippen LogP contribution is 2.35. The monoisotopic (exact) mass is 377 g/mol. The van der Waals surface area contributed by atoms with Crippen molar-refractivity contribution < 1.29 is 9.90 Å². The van der Waals surface area contributed by atoms with E-state index in [1.165, 1.54) is 33.3 Å². The number of hydrogen-bond donors (Lipinski definition) is 2. The van der Waals surface area contributed by atoms with Crippen molar-refractivity contribution in [3.05, 3.63) is 53.3 Å². The zero-order valence-corrected chi connectivity index (χ0v) is 16.5. The normalized spacial score (nSPS) is 15.9. The zero-order valence-electron chi connectivity index (χ0n) is 16.5. The van der Waals surface area contributed by atoms with Crippen molar-refractivity contribution in [2.45, 2.75) is 39.0 Å². The van der Waals surface area contributed by atoms with Gasteiger partial charge in [0.05, 0.1) is 6.54 Å². The van der Waals surface area contributed by atoms with Crippen LogP contribution < -0.4 is 0 Å². The van der Waals surface area contributed by atoms with E-state index in [1.807, 2.05) is 18.0 Å². The summed E-state index contributed by atoms with van der Waals surface area (Å²) in [6, 6.07) is 11.0. The number of benzene rings is 1. The first-order valence-corrected chi connectivity index (χ1v) is 10.1. The molecule has 5 heteroatoms. The Hall–Kier alpha value is -2.66. The van der Waals surface area contributed by atoms with Crippen LogP contribution in [0.15, 0.2) is 36.5 Å². The maximum absolute atomic E-state index is 10.9. The van der Waals surface area contributed by atoms with E-state index in [0.717, 1.165) is 38.0 Å². The number of carboxylic acids is 1. The minimum Gasteiger partial charge on any atom is -0.480 e. The lowest BCUT2D eigenvalue weighted by atomic mass is 9.88. The van der Waals surface area contributed by atoms with E-state index in [2.05, 4.69) is 47.2 Å². The molecule has 0 saturated carbocycles. The Morgan fingerprint density at radius 2 is 2.04 bits per heavy atom. The summed E-state index contributed by atoms with van der Waals surface area (Å²) in [7, 11) is 0. The van der Waals surface area contributed by atoms with Crippen LogP contribution in [-0.2, 0) is 11.2 Å². The van der Waals surface area contributed by atoms with Crippen molar-refractivity contribution in [2.24, 2.45) is 0 Å². The summed E-state index contributed by atoms with van der Waals surface area (Å²) < 4.78 is 0. The third-order valence-electron chi connectivity index (χ3n) is 5.89. The minimum absolute atomic E-state index is 0.151. The second kappa shape index (κ2) is 7.76. The average molecular weight is 377 g/mol. The lowest BCUT2D eigenvalue weighted by molar-refractivity contribution is -0.138. The topological polar surface area (TPSA) is 69.2 Å². The van der Waals surface area contributed by atoms with Crippen LogP contribution in [0, 0.1) is 6.92 Å². The van der Waals surface area contributed by atoms with E-state index in [0.29, 0.717) is 5.92 Å². The van der Waals surface area contributed by atoms with Crippen LogP contribution in [0.2, 0.25) is 0 Å². The lowest BCUT2D eigenvalue weighted by Crippen LogP contribution is -2.36. The van der Waals surface area contributed by atoms with Gasteiger partial charge in [-0.05, 0) is 80.6 Å². The maximum Gasteiger partial charge on any atom is 0.317 e. The third-order valence-corrected chi connectivity index (χ3v) is 5.89. The first-order chi connectivity index (χ1) is 13.5. The van der Waals surface area contributed by atoms with Crippen molar-refractivity contribution in [1.82, 2.24) is 14.9 Å². The number of pyridine rings is 1. The number of fused-ring (bicyclic) bond motifs is 1. The van der Waals surface area contributed by atoms with Crippen molar-refractivity contribution in [1.29, 1.82) is 0 Å². The second-order valence-electron chi connectivity index (χ2n) is 7.77. The Kier molecular flexibility index (Phi) is 5.18. The molecule has 0 unspecified atom stereocenters. The van der Waals surface area contributed by atoms with Crippen LogP contribution in [0.4, 0.5) is 0 Å². The molecular weight excluding hydrogens is 350 g/mol. The van der Waals surface area contributed by atoms with Crippen LogP contribution >= 0.6 is 0 Å². The summed E-state index contributed by atoms with van der Waals surface area (Å²) in [5.41, 5.74) is 7.29. The van der Waals surface area contributed by atoms with Crippen LogP contribution in [0.25, 0.3) is 22.2 Å². The molecule has 3 aromatic rings.